The van der Waals surface area contributed by atoms with Crippen LogP contribution in [-0.2, 0) is 10.0 Å². The summed E-state index contributed by atoms with van der Waals surface area (Å²) in [7, 11) is -3.80. The SMILES string of the molecule is CC(C)CCCCNS(=O)(=O)c1ccc(O)c([N+](=O)[O-])c1. The fourth-order valence-corrected chi connectivity index (χ4v) is 2.88. The van der Waals surface area contributed by atoms with Crippen molar-refractivity contribution >= 4 is 15.7 Å². The number of nitrogens with zero attached hydrogens (tertiary/aromatic N) is 1. The number of nitrogens with one attached hydrogen (secondary N) is 1. The highest BCUT2D eigenvalue weighted by Crippen LogP contribution is 2.28. The molecule has 2 N–H and O–H groups in total. The number of phenols is 1. The van der Waals surface area contributed by atoms with Gasteiger partial charge in [-0.2, -0.15) is 0 Å². The molecule has 0 unspecified atom stereocenters. The Morgan fingerprint density at radius 3 is 2.57 bits per heavy atom. The molecule has 0 saturated carbocycles. The van der Waals surface area contributed by atoms with Crippen molar-refractivity contribution in [2.45, 2.75) is 38.0 Å². The van der Waals surface area contributed by atoms with Crippen LogP contribution in [-0.4, -0.2) is 25.0 Å². The van der Waals surface area contributed by atoms with Crippen molar-refractivity contribution in [3.05, 3.63) is 28.3 Å². The summed E-state index contributed by atoms with van der Waals surface area (Å²) in [6, 6.07) is 3.00. The van der Waals surface area contributed by atoms with E-state index in [1.807, 2.05) is 0 Å². The first-order valence-electron chi connectivity index (χ1n) is 6.71. The van der Waals surface area contributed by atoms with Gasteiger partial charge in [-0.3, -0.25) is 10.1 Å². The third-order valence-corrected chi connectivity index (χ3v) is 4.41. The summed E-state index contributed by atoms with van der Waals surface area (Å²) in [5.41, 5.74) is -0.627. The van der Waals surface area contributed by atoms with Crippen LogP contribution in [0.15, 0.2) is 23.1 Å². The predicted molar refractivity (Wildman–Crippen MR) is 78.6 cm³/mol. The molecule has 1 aromatic carbocycles. The minimum Gasteiger partial charge on any atom is -0.502 e. The average molecular weight is 316 g/mol. The minimum atomic E-state index is -3.80. The van der Waals surface area contributed by atoms with E-state index in [4.69, 9.17) is 0 Å². The zero-order valence-corrected chi connectivity index (χ0v) is 12.9. The summed E-state index contributed by atoms with van der Waals surface area (Å²) in [6.07, 6.45) is 2.64. The van der Waals surface area contributed by atoms with Gasteiger partial charge in [0.25, 0.3) is 0 Å². The maximum Gasteiger partial charge on any atom is 0.312 e. The number of nitro benzene ring substituents is 1. The number of unbranched alkanes of at least 4 members (excludes halogenated alkanes) is 1. The first kappa shape index (κ1) is 17.4. The van der Waals surface area contributed by atoms with Gasteiger partial charge >= 0.3 is 5.69 Å². The van der Waals surface area contributed by atoms with E-state index in [-0.39, 0.29) is 11.4 Å². The van der Waals surface area contributed by atoms with Gasteiger partial charge in [0.15, 0.2) is 5.75 Å². The summed E-state index contributed by atoms with van der Waals surface area (Å²) in [5, 5.41) is 20.0. The van der Waals surface area contributed by atoms with Gasteiger partial charge in [-0.15, -0.1) is 0 Å². The van der Waals surface area contributed by atoms with E-state index >= 15 is 0 Å². The molecule has 0 spiro atoms. The van der Waals surface area contributed by atoms with Crippen molar-refractivity contribution in [2.24, 2.45) is 5.92 Å². The monoisotopic (exact) mass is 316 g/mol. The van der Waals surface area contributed by atoms with Gasteiger partial charge < -0.3 is 5.11 Å². The van der Waals surface area contributed by atoms with Crippen LogP contribution >= 0.6 is 0 Å². The van der Waals surface area contributed by atoms with Crippen LogP contribution in [0.2, 0.25) is 0 Å². The molecule has 0 aliphatic carbocycles. The van der Waals surface area contributed by atoms with Crippen molar-refractivity contribution in [2.75, 3.05) is 6.54 Å². The number of aromatic hydroxyl groups is 1. The lowest BCUT2D eigenvalue weighted by atomic mass is 10.1. The van der Waals surface area contributed by atoms with Crippen LogP contribution in [0.25, 0.3) is 0 Å². The van der Waals surface area contributed by atoms with E-state index in [9.17, 15) is 23.6 Å². The summed E-state index contributed by atoms with van der Waals surface area (Å²) < 4.78 is 26.4. The molecule has 0 aliphatic rings. The molecule has 0 fully saturated rings. The first-order chi connectivity index (χ1) is 9.74. The van der Waals surface area contributed by atoms with Gasteiger partial charge in [0.2, 0.25) is 10.0 Å². The van der Waals surface area contributed by atoms with E-state index in [2.05, 4.69) is 18.6 Å². The largest absolute Gasteiger partial charge is 0.502 e. The zero-order valence-electron chi connectivity index (χ0n) is 12.1. The molecule has 0 bridgehead atoms. The molecule has 0 aromatic heterocycles. The van der Waals surface area contributed by atoms with Crippen molar-refractivity contribution < 1.29 is 18.4 Å². The molecular weight excluding hydrogens is 296 g/mol. The fraction of sp³-hybridized carbons (Fsp3) is 0.538. The molecular formula is C13H20N2O5S. The maximum absolute atomic E-state index is 12.0. The number of sulfonamides is 1. The summed E-state index contributed by atoms with van der Waals surface area (Å²) in [5.74, 6) is 0.0113. The Morgan fingerprint density at radius 1 is 1.33 bits per heavy atom. The number of nitro groups is 1. The van der Waals surface area contributed by atoms with E-state index in [0.29, 0.717) is 12.3 Å². The number of hydrogen-bond donors (Lipinski definition) is 2. The van der Waals surface area contributed by atoms with Crippen molar-refractivity contribution in [3.63, 3.8) is 0 Å². The van der Waals surface area contributed by atoms with Gasteiger partial charge in [-0.25, -0.2) is 13.1 Å². The predicted octanol–water partition coefficient (Wildman–Crippen LogP) is 2.41. The maximum atomic E-state index is 12.0. The highest BCUT2D eigenvalue weighted by Gasteiger charge is 2.20. The van der Waals surface area contributed by atoms with Gasteiger partial charge in [0.1, 0.15) is 0 Å². The standard InChI is InChI=1S/C13H20N2O5S/c1-10(2)5-3-4-8-14-21(19,20)11-6-7-13(16)12(9-11)15(17)18/h6-7,9-10,14,16H,3-5,8H2,1-2H3. The zero-order chi connectivity index (χ0) is 16.0. The number of rotatable bonds is 8. The molecule has 8 heteroatoms. The average Bonchev–Trinajstić information content (AvgIpc) is 2.37. The van der Waals surface area contributed by atoms with E-state index < -0.39 is 26.4 Å². The van der Waals surface area contributed by atoms with Crippen molar-refractivity contribution in [1.82, 2.24) is 4.72 Å². The molecule has 0 amide bonds. The molecule has 118 valence electrons. The topological polar surface area (TPSA) is 110 Å². The fourth-order valence-electron chi connectivity index (χ4n) is 1.78. The van der Waals surface area contributed by atoms with Crippen molar-refractivity contribution in [3.8, 4) is 5.75 Å². The molecule has 0 atom stereocenters. The van der Waals surface area contributed by atoms with Crippen LogP contribution in [0.4, 0.5) is 5.69 Å². The molecule has 1 aromatic rings. The molecule has 0 saturated heterocycles. The van der Waals surface area contributed by atoms with Crippen LogP contribution in [0.1, 0.15) is 33.1 Å². The number of phenolic OH excluding ortho intramolecular Hbond substituents is 1. The van der Waals surface area contributed by atoms with Gasteiger partial charge in [-0.05, 0) is 24.5 Å². The first-order valence-corrected chi connectivity index (χ1v) is 8.19. The second-order valence-corrected chi connectivity index (χ2v) is 6.96. The second kappa shape index (κ2) is 7.37. The van der Waals surface area contributed by atoms with Gasteiger partial charge in [0, 0.05) is 12.6 Å². The second-order valence-electron chi connectivity index (χ2n) is 5.20. The third kappa shape index (κ3) is 5.31. The Hall–Kier alpha value is -1.67. The lowest BCUT2D eigenvalue weighted by Crippen LogP contribution is -2.24. The lowest BCUT2D eigenvalue weighted by Gasteiger charge is -2.08. The Morgan fingerprint density at radius 2 is 2.00 bits per heavy atom. The Bertz CT molecular complexity index is 599. The van der Waals surface area contributed by atoms with Crippen molar-refractivity contribution in [1.29, 1.82) is 0 Å². The number of benzene rings is 1. The number of hydrogen-bond acceptors (Lipinski definition) is 5. The normalized spacial score (nSPS) is 11.8. The smallest absolute Gasteiger partial charge is 0.312 e. The highest BCUT2D eigenvalue weighted by atomic mass is 32.2. The Labute approximate surface area is 124 Å². The van der Waals surface area contributed by atoms with Gasteiger partial charge in [-0.1, -0.05) is 26.7 Å². The Kier molecular flexibility index (Phi) is 6.10. The molecule has 7 nitrogen and oxygen atoms in total. The third-order valence-electron chi connectivity index (χ3n) is 2.95. The summed E-state index contributed by atoms with van der Waals surface area (Å²) >= 11 is 0. The van der Waals surface area contributed by atoms with E-state index in [1.165, 1.54) is 0 Å². The Balaban J connectivity index is 2.70. The van der Waals surface area contributed by atoms with Crippen LogP contribution in [0, 0.1) is 16.0 Å². The molecule has 0 radical (unpaired) electrons. The van der Waals surface area contributed by atoms with Crippen LogP contribution in [0.5, 0.6) is 5.75 Å². The van der Waals surface area contributed by atoms with Crippen LogP contribution in [0.3, 0.4) is 0 Å². The molecule has 0 heterocycles. The van der Waals surface area contributed by atoms with Gasteiger partial charge in [0.05, 0.1) is 9.82 Å². The molecule has 1 rings (SSSR count). The lowest BCUT2D eigenvalue weighted by molar-refractivity contribution is -0.386. The van der Waals surface area contributed by atoms with E-state index in [0.717, 1.165) is 31.0 Å². The summed E-state index contributed by atoms with van der Waals surface area (Å²) in [6.45, 7) is 4.48. The van der Waals surface area contributed by atoms with E-state index in [1.54, 1.807) is 0 Å². The minimum absolute atomic E-state index is 0.226. The highest BCUT2D eigenvalue weighted by molar-refractivity contribution is 7.89. The molecule has 0 aliphatic heterocycles. The molecule has 21 heavy (non-hydrogen) atoms. The quantitative estimate of drug-likeness (QED) is 0.435. The summed E-state index contributed by atoms with van der Waals surface area (Å²) in [4.78, 5) is 9.65. The van der Waals surface area contributed by atoms with Crippen LogP contribution < -0.4 is 4.72 Å².